The number of nitrogens with zero attached hydrogens (tertiary/aromatic N) is 1. The van der Waals surface area contributed by atoms with Gasteiger partial charge in [0.2, 0.25) is 0 Å². The lowest BCUT2D eigenvalue weighted by Crippen LogP contribution is -2.21. The van der Waals surface area contributed by atoms with Crippen LogP contribution in [0.15, 0.2) is 12.1 Å². The minimum absolute atomic E-state index is 0.0699. The number of nitrogens with one attached hydrogen (secondary N) is 1. The predicted molar refractivity (Wildman–Crippen MR) is 75.4 cm³/mol. The summed E-state index contributed by atoms with van der Waals surface area (Å²) in [6, 6.07) is 6.24. The quantitative estimate of drug-likeness (QED) is 0.820. The van der Waals surface area contributed by atoms with Crippen LogP contribution in [0.2, 0.25) is 0 Å². The van der Waals surface area contributed by atoms with Crippen LogP contribution in [0.25, 0.3) is 0 Å². The van der Waals surface area contributed by atoms with Crippen molar-refractivity contribution in [3.05, 3.63) is 23.3 Å². The second-order valence-electron chi connectivity index (χ2n) is 4.50. The van der Waals surface area contributed by atoms with Gasteiger partial charge in [-0.3, -0.25) is 0 Å². The van der Waals surface area contributed by atoms with Crippen LogP contribution < -0.4 is 14.8 Å². The Labute approximate surface area is 115 Å². The zero-order valence-corrected chi connectivity index (χ0v) is 12.1. The molecule has 0 fully saturated rings. The Bertz CT molecular complexity index is 452. The van der Waals surface area contributed by atoms with Crippen LogP contribution in [0.3, 0.4) is 0 Å². The average Bonchev–Trinajstić information content (AvgIpc) is 2.44. The topological polar surface area (TPSA) is 54.3 Å². The Balaban J connectivity index is 2.71. The van der Waals surface area contributed by atoms with Crippen molar-refractivity contribution in [2.24, 2.45) is 5.92 Å². The Hall–Kier alpha value is -1.73. The van der Waals surface area contributed by atoms with Gasteiger partial charge in [-0.2, -0.15) is 5.26 Å². The van der Waals surface area contributed by atoms with Crippen molar-refractivity contribution in [3.8, 4) is 17.6 Å². The van der Waals surface area contributed by atoms with Gasteiger partial charge in [0.15, 0.2) is 11.5 Å². The van der Waals surface area contributed by atoms with Crippen molar-refractivity contribution in [2.75, 3.05) is 20.8 Å². The van der Waals surface area contributed by atoms with Crippen molar-refractivity contribution in [3.63, 3.8) is 0 Å². The van der Waals surface area contributed by atoms with E-state index in [2.05, 4.69) is 11.4 Å². The van der Waals surface area contributed by atoms with Gasteiger partial charge in [0.1, 0.15) is 0 Å². The summed E-state index contributed by atoms with van der Waals surface area (Å²) in [7, 11) is 3.27. The standard InChI is InChI=1S/C15H22N2O2/c1-5-12(8-16)9-17-10-13-7-15(19-4)14(18-3)6-11(13)2/h6-7,12,17H,5,9-10H2,1-4H3. The summed E-state index contributed by atoms with van der Waals surface area (Å²) in [5, 5.41) is 12.2. The van der Waals surface area contributed by atoms with E-state index in [-0.39, 0.29) is 5.92 Å². The van der Waals surface area contributed by atoms with Crippen LogP contribution in [0.5, 0.6) is 11.5 Å². The molecule has 1 N–H and O–H groups in total. The summed E-state index contributed by atoms with van der Waals surface area (Å²) < 4.78 is 10.6. The summed E-state index contributed by atoms with van der Waals surface area (Å²) in [6.07, 6.45) is 0.869. The molecule has 1 aromatic rings. The van der Waals surface area contributed by atoms with Crippen LogP contribution in [-0.4, -0.2) is 20.8 Å². The monoisotopic (exact) mass is 262 g/mol. The van der Waals surface area contributed by atoms with E-state index in [9.17, 15) is 0 Å². The molecular formula is C15H22N2O2. The highest BCUT2D eigenvalue weighted by Gasteiger charge is 2.09. The highest BCUT2D eigenvalue weighted by molar-refractivity contribution is 5.46. The van der Waals surface area contributed by atoms with E-state index in [1.165, 1.54) is 0 Å². The zero-order valence-electron chi connectivity index (χ0n) is 12.1. The van der Waals surface area contributed by atoms with Gasteiger partial charge in [-0.25, -0.2) is 0 Å². The molecule has 1 rings (SSSR count). The summed E-state index contributed by atoms with van der Waals surface area (Å²) in [5.41, 5.74) is 2.31. The third-order valence-electron chi connectivity index (χ3n) is 3.22. The minimum atomic E-state index is 0.0699. The van der Waals surface area contributed by atoms with E-state index >= 15 is 0 Å². The lowest BCUT2D eigenvalue weighted by Gasteiger charge is -2.14. The SMILES string of the molecule is CCC(C#N)CNCc1cc(OC)c(OC)cc1C. The zero-order chi connectivity index (χ0) is 14.3. The first-order valence-electron chi connectivity index (χ1n) is 6.48. The molecule has 1 unspecified atom stereocenters. The first kappa shape index (κ1) is 15.3. The first-order valence-corrected chi connectivity index (χ1v) is 6.48. The predicted octanol–water partition coefficient (Wildman–Crippen LogP) is 2.65. The van der Waals surface area contributed by atoms with Crippen molar-refractivity contribution in [1.29, 1.82) is 5.26 Å². The Morgan fingerprint density at radius 1 is 1.26 bits per heavy atom. The van der Waals surface area contributed by atoms with E-state index in [4.69, 9.17) is 14.7 Å². The molecule has 4 nitrogen and oxygen atoms in total. The fourth-order valence-corrected chi connectivity index (χ4v) is 1.88. The lowest BCUT2D eigenvalue weighted by molar-refractivity contribution is 0.354. The first-order chi connectivity index (χ1) is 9.15. The maximum atomic E-state index is 8.90. The Morgan fingerprint density at radius 3 is 2.42 bits per heavy atom. The van der Waals surface area contributed by atoms with E-state index < -0.39 is 0 Å². The average molecular weight is 262 g/mol. The third-order valence-corrected chi connectivity index (χ3v) is 3.22. The van der Waals surface area contributed by atoms with Crippen molar-refractivity contribution < 1.29 is 9.47 Å². The summed E-state index contributed by atoms with van der Waals surface area (Å²) in [5.74, 6) is 1.55. The number of ether oxygens (including phenoxy) is 2. The molecule has 1 atom stereocenters. The summed E-state index contributed by atoms with van der Waals surface area (Å²) in [6.45, 7) is 5.50. The molecule has 0 spiro atoms. The maximum absolute atomic E-state index is 8.90. The van der Waals surface area contributed by atoms with Gasteiger partial charge in [0.25, 0.3) is 0 Å². The van der Waals surface area contributed by atoms with Gasteiger partial charge in [0.05, 0.1) is 26.2 Å². The van der Waals surface area contributed by atoms with Crippen LogP contribution in [0.1, 0.15) is 24.5 Å². The van der Waals surface area contributed by atoms with E-state index in [0.717, 1.165) is 35.6 Å². The smallest absolute Gasteiger partial charge is 0.161 e. The van der Waals surface area contributed by atoms with Gasteiger partial charge < -0.3 is 14.8 Å². The van der Waals surface area contributed by atoms with Gasteiger partial charge >= 0.3 is 0 Å². The van der Waals surface area contributed by atoms with Crippen molar-refractivity contribution >= 4 is 0 Å². The van der Waals surface area contributed by atoms with Gasteiger partial charge in [-0.15, -0.1) is 0 Å². The molecule has 0 saturated carbocycles. The number of rotatable bonds is 7. The fraction of sp³-hybridized carbons (Fsp3) is 0.533. The van der Waals surface area contributed by atoms with Crippen LogP contribution in [0, 0.1) is 24.2 Å². The van der Waals surface area contributed by atoms with Crippen molar-refractivity contribution in [1.82, 2.24) is 5.32 Å². The molecule has 0 aliphatic carbocycles. The summed E-state index contributed by atoms with van der Waals surface area (Å²) >= 11 is 0. The van der Waals surface area contributed by atoms with E-state index in [1.54, 1.807) is 14.2 Å². The van der Waals surface area contributed by atoms with Gasteiger partial charge in [0, 0.05) is 13.1 Å². The molecule has 0 bridgehead atoms. The highest BCUT2D eigenvalue weighted by Crippen LogP contribution is 2.30. The molecule has 0 saturated heterocycles. The molecule has 104 valence electrons. The molecule has 0 heterocycles. The highest BCUT2D eigenvalue weighted by atomic mass is 16.5. The van der Waals surface area contributed by atoms with E-state index in [1.807, 2.05) is 26.0 Å². The molecule has 0 amide bonds. The normalized spacial score (nSPS) is 11.7. The molecule has 4 heteroatoms. The Morgan fingerprint density at radius 2 is 1.89 bits per heavy atom. The molecular weight excluding hydrogens is 240 g/mol. The Kier molecular flexibility index (Phi) is 6.17. The minimum Gasteiger partial charge on any atom is -0.493 e. The van der Waals surface area contributed by atoms with Crippen LogP contribution >= 0.6 is 0 Å². The van der Waals surface area contributed by atoms with E-state index in [0.29, 0.717) is 6.54 Å². The molecule has 0 aromatic heterocycles. The van der Waals surface area contributed by atoms with Gasteiger partial charge in [-0.1, -0.05) is 6.92 Å². The summed E-state index contributed by atoms with van der Waals surface area (Å²) in [4.78, 5) is 0. The molecule has 0 aliphatic heterocycles. The molecule has 1 aromatic carbocycles. The maximum Gasteiger partial charge on any atom is 0.161 e. The number of nitriles is 1. The second kappa shape index (κ2) is 7.65. The lowest BCUT2D eigenvalue weighted by atomic mass is 10.1. The van der Waals surface area contributed by atoms with Crippen LogP contribution in [0.4, 0.5) is 0 Å². The number of benzene rings is 1. The molecule has 0 radical (unpaired) electrons. The number of hydrogen-bond donors (Lipinski definition) is 1. The largest absolute Gasteiger partial charge is 0.493 e. The second-order valence-corrected chi connectivity index (χ2v) is 4.50. The molecule has 19 heavy (non-hydrogen) atoms. The third kappa shape index (κ3) is 4.15. The number of aryl methyl sites for hydroxylation is 1. The fourth-order valence-electron chi connectivity index (χ4n) is 1.88. The molecule has 0 aliphatic rings. The number of methoxy groups -OCH3 is 2. The van der Waals surface area contributed by atoms with Gasteiger partial charge in [-0.05, 0) is 36.6 Å². The van der Waals surface area contributed by atoms with Crippen molar-refractivity contribution in [2.45, 2.75) is 26.8 Å². The van der Waals surface area contributed by atoms with Crippen LogP contribution in [-0.2, 0) is 6.54 Å². The number of hydrogen-bond acceptors (Lipinski definition) is 4.